The highest BCUT2D eigenvalue weighted by Crippen LogP contribution is 2.23. The molecule has 3 rings (SSSR count). The third kappa shape index (κ3) is 5.63. The van der Waals surface area contributed by atoms with Gasteiger partial charge < -0.3 is 9.64 Å². The molecule has 31 heavy (non-hydrogen) atoms. The number of ether oxygens (including phenoxy) is 1. The van der Waals surface area contributed by atoms with Crippen LogP contribution in [0.25, 0.3) is 0 Å². The molecule has 1 heterocycles. The maximum atomic E-state index is 12.7. The highest BCUT2D eigenvalue weighted by atomic mass is 32.2. The van der Waals surface area contributed by atoms with Gasteiger partial charge in [-0.25, -0.2) is 8.42 Å². The molecule has 8 heteroatoms. The Morgan fingerprint density at radius 3 is 2.29 bits per heavy atom. The van der Waals surface area contributed by atoms with E-state index >= 15 is 0 Å². The van der Waals surface area contributed by atoms with Crippen molar-refractivity contribution in [2.24, 2.45) is 5.92 Å². The minimum absolute atomic E-state index is 0.0694. The third-order valence-corrected chi connectivity index (χ3v) is 7.52. The van der Waals surface area contributed by atoms with Gasteiger partial charge in [-0.3, -0.25) is 4.79 Å². The number of rotatable bonds is 7. The van der Waals surface area contributed by atoms with Crippen molar-refractivity contribution in [2.75, 3.05) is 33.8 Å². The lowest BCUT2D eigenvalue weighted by molar-refractivity contribution is -0.132. The molecule has 1 saturated heterocycles. The number of nitriles is 1. The first-order chi connectivity index (χ1) is 14.8. The molecule has 1 amide bonds. The van der Waals surface area contributed by atoms with Gasteiger partial charge in [0.2, 0.25) is 15.9 Å². The number of nitrogens with zero attached hydrogens (tertiary/aromatic N) is 3. The molecular formula is C23H27N3O4S. The van der Waals surface area contributed by atoms with Gasteiger partial charge >= 0.3 is 0 Å². The summed E-state index contributed by atoms with van der Waals surface area (Å²) >= 11 is 0. The Hall–Kier alpha value is -2.89. The van der Waals surface area contributed by atoms with Gasteiger partial charge in [-0.15, -0.1) is 0 Å². The lowest BCUT2D eigenvalue weighted by Gasteiger charge is -2.33. The second-order valence-electron chi connectivity index (χ2n) is 7.77. The van der Waals surface area contributed by atoms with Crippen molar-refractivity contribution in [1.29, 1.82) is 5.26 Å². The smallest absolute Gasteiger partial charge is 0.243 e. The van der Waals surface area contributed by atoms with E-state index in [0.717, 1.165) is 29.3 Å². The van der Waals surface area contributed by atoms with Gasteiger partial charge in [0, 0.05) is 20.1 Å². The first-order valence-corrected chi connectivity index (χ1v) is 11.6. The number of carbonyl (C=O) groups is 1. The zero-order chi connectivity index (χ0) is 22.4. The van der Waals surface area contributed by atoms with Crippen LogP contribution >= 0.6 is 0 Å². The predicted octanol–water partition coefficient (Wildman–Crippen LogP) is 2.67. The molecule has 0 N–H and O–H groups in total. The highest BCUT2D eigenvalue weighted by molar-refractivity contribution is 7.89. The lowest BCUT2D eigenvalue weighted by atomic mass is 9.90. The van der Waals surface area contributed by atoms with Crippen LogP contribution in [0.1, 0.15) is 24.0 Å². The largest absolute Gasteiger partial charge is 0.497 e. The van der Waals surface area contributed by atoms with Crippen molar-refractivity contribution in [2.45, 2.75) is 24.2 Å². The molecule has 1 aliphatic heterocycles. The molecule has 164 valence electrons. The van der Waals surface area contributed by atoms with Crippen molar-refractivity contribution < 1.29 is 17.9 Å². The van der Waals surface area contributed by atoms with Gasteiger partial charge in [-0.05, 0) is 67.1 Å². The summed E-state index contributed by atoms with van der Waals surface area (Å²) in [5.74, 6) is 1.14. The molecule has 0 aromatic heterocycles. The average molecular weight is 442 g/mol. The molecule has 2 aromatic rings. The number of amides is 1. The molecule has 7 nitrogen and oxygen atoms in total. The molecule has 0 spiro atoms. The normalized spacial score (nSPS) is 15.0. The molecule has 0 atom stereocenters. The van der Waals surface area contributed by atoms with Crippen LogP contribution in [0.3, 0.4) is 0 Å². The summed E-state index contributed by atoms with van der Waals surface area (Å²) in [7, 11) is -0.737. The standard InChI is InChI=1S/C23H27N3O4S/c1-25(31(28,29)22-9-5-20(16-24)6-10-22)17-23(27)26-13-11-19(12-14-26)15-18-3-7-21(30-2)8-4-18/h3-10,19H,11-15,17H2,1-2H3. The fourth-order valence-corrected chi connectivity index (χ4v) is 4.86. The summed E-state index contributed by atoms with van der Waals surface area (Å²) < 4.78 is 31.7. The summed E-state index contributed by atoms with van der Waals surface area (Å²) in [6.07, 6.45) is 2.74. The molecule has 1 fully saturated rings. The fourth-order valence-electron chi connectivity index (χ4n) is 3.74. The summed E-state index contributed by atoms with van der Waals surface area (Å²) in [4.78, 5) is 14.5. The van der Waals surface area contributed by atoms with E-state index in [9.17, 15) is 13.2 Å². The first kappa shape index (κ1) is 22.8. The number of hydrogen-bond acceptors (Lipinski definition) is 5. The van der Waals surface area contributed by atoms with E-state index in [1.807, 2.05) is 18.2 Å². The quantitative estimate of drug-likeness (QED) is 0.659. The van der Waals surface area contributed by atoms with E-state index in [2.05, 4.69) is 12.1 Å². The Kier molecular flexibility index (Phi) is 7.31. The average Bonchev–Trinajstić information content (AvgIpc) is 2.80. The van der Waals surface area contributed by atoms with Crippen molar-refractivity contribution >= 4 is 15.9 Å². The Balaban J connectivity index is 1.52. The number of likely N-dealkylation sites (N-methyl/N-ethyl adjacent to an activating group) is 1. The molecule has 2 aromatic carbocycles. The Labute approximate surface area is 183 Å². The summed E-state index contributed by atoms with van der Waals surface area (Å²) in [5, 5.41) is 8.86. The number of piperidine rings is 1. The second kappa shape index (κ2) is 9.94. The fraction of sp³-hybridized carbons (Fsp3) is 0.391. The van der Waals surface area contributed by atoms with Crippen LogP contribution in [-0.2, 0) is 21.2 Å². The monoisotopic (exact) mass is 441 g/mol. The van der Waals surface area contributed by atoms with Crippen LogP contribution in [0.5, 0.6) is 5.75 Å². The lowest BCUT2D eigenvalue weighted by Crippen LogP contribution is -2.44. The highest BCUT2D eigenvalue weighted by Gasteiger charge is 2.28. The number of likely N-dealkylation sites (tertiary alicyclic amines) is 1. The Morgan fingerprint density at radius 1 is 1.13 bits per heavy atom. The molecule has 0 aliphatic carbocycles. The van der Waals surface area contributed by atoms with Crippen LogP contribution in [0.4, 0.5) is 0 Å². The Bertz CT molecular complexity index is 1040. The predicted molar refractivity (Wildman–Crippen MR) is 117 cm³/mol. The maximum Gasteiger partial charge on any atom is 0.243 e. The topological polar surface area (TPSA) is 90.7 Å². The number of benzene rings is 2. The minimum Gasteiger partial charge on any atom is -0.497 e. The zero-order valence-electron chi connectivity index (χ0n) is 17.8. The number of carbonyl (C=O) groups excluding carboxylic acids is 1. The summed E-state index contributed by atoms with van der Waals surface area (Å²) in [6.45, 7) is 1.06. The minimum atomic E-state index is -3.79. The van der Waals surface area contributed by atoms with Crippen molar-refractivity contribution in [3.63, 3.8) is 0 Å². The summed E-state index contributed by atoms with van der Waals surface area (Å²) in [6, 6.07) is 15.7. The van der Waals surface area contributed by atoms with Crippen LogP contribution in [-0.4, -0.2) is 57.3 Å². The summed E-state index contributed by atoms with van der Waals surface area (Å²) in [5.41, 5.74) is 1.63. The maximum absolute atomic E-state index is 12.7. The Morgan fingerprint density at radius 2 is 1.74 bits per heavy atom. The van der Waals surface area contributed by atoms with Crippen molar-refractivity contribution in [3.8, 4) is 11.8 Å². The van der Waals surface area contributed by atoms with Crippen LogP contribution in [0.2, 0.25) is 0 Å². The number of sulfonamides is 1. The van der Waals surface area contributed by atoms with E-state index in [0.29, 0.717) is 24.6 Å². The van der Waals surface area contributed by atoms with E-state index < -0.39 is 10.0 Å². The van der Waals surface area contributed by atoms with Gasteiger partial charge in [0.15, 0.2) is 0 Å². The van der Waals surface area contributed by atoms with E-state index in [1.54, 1.807) is 12.0 Å². The van der Waals surface area contributed by atoms with Gasteiger partial charge in [-0.2, -0.15) is 9.57 Å². The van der Waals surface area contributed by atoms with Crippen LogP contribution in [0.15, 0.2) is 53.4 Å². The van der Waals surface area contributed by atoms with Crippen molar-refractivity contribution in [1.82, 2.24) is 9.21 Å². The molecule has 0 unspecified atom stereocenters. The van der Waals surface area contributed by atoms with Crippen molar-refractivity contribution in [3.05, 3.63) is 59.7 Å². The van der Waals surface area contributed by atoms with Gasteiger partial charge in [-0.1, -0.05) is 12.1 Å². The van der Waals surface area contributed by atoms with E-state index in [4.69, 9.17) is 10.00 Å². The first-order valence-electron chi connectivity index (χ1n) is 10.2. The second-order valence-corrected chi connectivity index (χ2v) is 9.82. The van der Waals surface area contributed by atoms with Gasteiger partial charge in [0.25, 0.3) is 0 Å². The number of methoxy groups -OCH3 is 1. The SMILES string of the molecule is COc1ccc(CC2CCN(C(=O)CN(C)S(=O)(=O)c3ccc(C#N)cc3)CC2)cc1. The molecular weight excluding hydrogens is 414 g/mol. The van der Waals surface area contributed by atoms with Gasteiger partial charge in [0.1, 0.15) is 5.75 Å². The van der Waals surface area contributed by atoms with Crippen LogP contribution < -0.4 is 4.74 Å². The van der Waals surface area contributed by atoms with Crippen LogP contribution in [0, 0.1) is 17.2 Å². The third-order valence-electron chi connectivity index (χ3n) is 5.70. The molecule has 0 saturated carbocycles. The van der Waals surface area contributed by atoms with E-state index in [-0.39, 0.29) is 17.3 Å². The zero-order valence-corrected chi connectivity index (χ0v) is 18.6. The number of hydrogen-bond donors (Lipinski definition) is 0. The molecule has 1 aliphatic rings. The van der Waals surface area contributed by atoms with Gasteiger partial charge in [0.05, 0.1) is 30.2 Å². The molecule has 0 bridgehead atoms. The molecule has 0 radical (unpaired) electrons. The van der Waals surface area contributed by atoms with E-state index in [1.165, 1.54) is 36.9 Å².